The number of allylic oxidation sites excluding steroid dienone is 1. The molecule has 0 fully saturated rings. The van der Waals surface area contributed by atoms with E-state index in [1.165, 1.54) is 19.2 Å². The molecule has 0 bridgehead atoms. The highest BCUT2D eigenvalue weighted by molar-refractivity contribution is 5.89. The number of hydrogen-bond donors (Lipinski definition) is 0. The van der Waals surface area contributed by atoms with Crippen molar-refractivity contribution in [1.29, 1.82) is 0 Å². The van der Waals surface area contributed by atoms with Gasteiger partial charge in [0.15, 0.2) is 0 Å². The van der Waals surface area contributed by atoms with Gasteiger partial charge in [-0.05, 0) is 37.1 Å². The molecule has 0 saturated carbocycles. The number of halogens is 3. The Balaban J connectivity index is 2.35. The molecule has 0 aliphatic rings. The Morgan fingerprint density at radius 3 is 2.35 bits per heavy atom. The molecular formula is C14H15F3O3. The van der Waals surface area contributed by atoms with Crippen molar-refractivity contribution in [3.8, 4) is 5.75 Å². The molecule has 0 N–H and O–H groups in total. The quantitative estimate of drug-likeness (QED) is 0.454. The van der Waals surface area contributed by atoms with E-state index >= 15 is 0 Å². The highest BCUT2D eigenvalue weighted by Crippen LogP contribution is 2.27. The Hall–Kier alpha value is -1.98. The van der Waals surface area contributed by atoms with Crippen LogP contribution in [0.2, 0.25) is 0 Å². The lowest BCUT2D eigenvalue weighted by Crippen LogP contribution is -2.12. The third-order valence-corrected chi connectivity index (χ3v) is 2.58. The topological polar surface area (TPSA) is 35.5 Å². The fourth-order valence-corrected chi connectivity index (χ4v) is 1.40. The maximum atomic E-state index is 12.2. The van der Waals surface area contributed by atoms with Crippen molar-refractivity contribution in [2.45, 2.75) is 19.0 Å². The molecule has 1 rings (SSSR count). The van der Waals surface area contributed by atoms with E-state index in [1.807, 2.05) is 0 Å². The average Bonchev–Trinajstić information content (AvgIpc) is 2.42. The van der Waals surface area contributed by atoms with Crippen LogP contribution in [0.3, 0.4) is 0 Å². The predicted molar refractivity (Wildman–Crippen MR) is 67.7 cm³/mol. The summed E-state index contributed by atoms with van der Waals surface area (Å²) in [7, 11) is 1.50. The number of hydrogen-bond acceptors (Lipinski definition) is 3. The molecular weight excluding hydrogens is 273 g/mol. The van der Waals surface area contributed by atoms with Crippen LogP contribution in [-0.2, 0) is 4.74 Å². The van der Waals surface area contributed by atoms with E-state index in [9.17, 15) is 18.0 Å². The lowest BCUT2D eigenvalue weighted by Gasteiger charge is -2.10. The summed E-state index contributed by atoms with van der Waals surface area (Å²) in [5.41, 5.74) is -0.501. The molecule has 0 aliphatic carbocycles. The van der Waals surface area contributed by atoms with Crippen molar-refractivity contribution in [3.63, 3.8) is 0 Å². The molecule has 110 valence electrons. The molecule has 0 atom stereocenters. The highest BCUT2D eigenvalue weighted by Gasteiger charge is 2.30. The van der Waals surface area contributed by atoms with Crippen LogP contribution in [0.4, 0.5) is 13.2 Å². The maximum absolute atomic E-state index is 12.2. The summed E-state index contributed by atoms with van der Waals surface area (Å²) in [5.74, 6) is 0.0216. The molecule has 1 aromatic carbocycles. The fourth-order valence-electron chi connectivity index (χ4n) is 1.40. The second kappa shape index (κ2) is 6.98. The zero-order valence-corrected chi connectivity index (χ0v) is 11.0. The van der Waals surface area contributed by atoms with Crippen molar-refractivity contribution >= 4 is 5.97 Å². The Kier molecular flexibility index (Phi) is 5.61. The van der Waals surface area contributed by atoms with Gasteiger partial charge in [0.1, 0.15) is 5.75 Å². The first-order valence-corrected chi connectivity index (χ1v) is 5.90. The van der Waals surface area contributed by atoms with Crippen molar-refractivity contribution < 1.29 is 27.4 Å². The van der Waals surface area contributed by atoms with Crippen LogP contribution in [-0.4, -0.2) is 25.9 Å². The first-order chi connectivity index (χ1) is 9.34. The number of carbonyl (C=O) groups excluding carboxylic acids is 1. The van der Waals surface area contributed by atoms with E-state index in [1.54, 1.807) is 12.1 Å². The van der Waals surface area contributed by atoms with Crippen LogP contribution in [0.25, 0.3) is 0 Å². The predicted octanol–water partition coefficient (Wildman–Crippen LogP) is 3.75. The van der Waals surface area contributed by atoms with E-state index in [2.05, 4.69) is 6.58 Å². The normalized spacial score (nSPS) is 11.0. The van der Waals surface area contributed by atoms with Crippen molar-refractivity contribution in [3.05, 3.63) is 42.0 Å². The van der Waals surface area contributed by atoms with Crippen LogP contribution in [0.1, 0.15) is 23.2 Å². The number of esters is 1. The standard InChI is InChI=1S/C14H15F3O3/c1-10(14(15,16)17)4-3-9-20-13(18)11-5-7-12(19-2)8-6-11/h5-8H,1,3-4,9H2,2H3. The molecule has 0 radical (unpaired) electrons. The van der Waals surface area contributed by atoms with Gasteiger partial charge < -0.3 is 9.47 Å². The van der Waals surface area contributed by atoms with E-state index in [0.717, 1.165) is 0 Å². The number of ether oxygens (including phenoxy) is 2. The molecule has 0 spiro atoms. The summed E-state index contributed by atoms with van der Waals surface area (Å²) in [4.78, 5) is 11.6. The second-order valence-corrected chi connectivity index (χ2v) is 4.07. The summed E-state index contributed by atoms with van der Waals surface area (Å²) in [6, 6.07) is 6.25. The average molecular weight is 288 g/mol. The van der Waals surface area contributed by atoms with E-state index < -0.39 is 17.7 Å². The van der Waals surface area contributed by atoms with Gasteiger partial charge in [-0.25, -0.2) is 4.79 Å². The summed E-state index contributed by atoms with van der Waals surface area (Å²) in [6.07, 6.45) is -4.56. The van der Waals surface area contributed by atoms with Crippen molar-refractivity contribution in [2.75, 3.05) is 13.7 Å². The minimum absolute atomic E-state index is 0.0834. The number of rotatable bonds is 6. The first-order valence-electron chi connectivity index (χ1n) is 5.90. The van der Waals surface area contributed by atoms with Gasteiger partial charge in [0, 0.05) is 5.57 Å². The zero-order valence-electron chi connectivity index (χ0n) is 11.0. The van der Waals surface area contributed by atoms with Gasteiger partial charge in [-0.2, -0.15) is 13.2 Å². The molecule has 20 heavy (non-hydrogen) atoms. The van der Waals surface area contributed by atoms with Gasteiger partial charge >= 0.3 is 12.1 Å². The van der Waals surface area contributed by atoms with Gasteiger partial charge in [-0.1, -0.05) is 6.58 Å². The van der Waals surface area contributed by atoms with Crippen LogP contribution in [0.5, 0.6) is 5.75 Å². The molecule has 0 unspecified atom stereocenters. The van der Waals surface area contributed by atoms with Gasteiger partial charge in [-0.3, -0.25) is 0 Å². The summed E-state index contributed by atoms with van der Waals surface area (Å²) >= 11 is 0. The van der Waals surface area contributed by atoms with E-state index in [0.29, 0.717) is 11.3 Å². The molecule has 1 aromatic rings. The monoisotopic (exact) mass is 288 g/mol. The van der Waals surface area contributed by atoms with Gasteiger partial charge in [0.2, 0.25) is 0 Å². The number of carbonyl (C=O) groups is 1. The Bertz CT molecular complexity index is 464. The van der Waals surface area contributed by atoms with Crippen LogP contribution in [0, 0.1) is 0 Å². The first kappa shape index (κ1) is 16.1. The molecule has 0 amide bonds. The lowest BCUT2D eigenvalue weighted by molar-refractivity contribution is -0.0939. The Labute approximate surface area is 115 Å². The Morgan fingerprint density at radius 2 is 1.85 bits per heavy atom. The summed E-state index contributed by atoms with van der Waals surface area (Å²) in [6.45, 7) is 2.86. The minimum Gasteiger partial charge on any atom is -0.497 e. The largest absolute Gasteiger partial charge is 0.497 e. The van der Waals surface area contributed by atoms with Gasteiger partial charge in [-0.15, -0.1) is 0 Å². The molecule has 0 saturated heterocycles. The SMILES string of the molecule is C=C(CCCOC(=O)c1ccc(OC)cc1)C(F)(F)F. The number of methoxy groups -OCH3 is 1. The molecule has 3 nitrogen and oxygen atoms in total. The third kappa shape index (κ3) is 4.95. The molecule has 6 heteroatoms. The maximum Gasteiger partial charge on any atom is 0.412 e. The van der Waals surface area contributed by atoms with E-state index in [-0.39, 0.29) is 19.4 Å². The van der Waals surface area contributed by atoms with Crippen LogP contribution < -0.4 is 4.74 Å². The zero-order chi connectivity index (χ0) is 15.2. The molecule has 0 aromatic heterocycles. The lowest BCUT2D eigenvalue weighted by atomic mass is 10.1. The minimum atomic E-state index is -4.39. The summed E-state index contributed by atoms with van der Waals surface area (Å²) < 4.78 is 46.3. The van der Waals surface area contributed by atoms with Crippen molar-refractivity contribution in [2.24, 2.45) is 0 Å². The summed E-state index contributed by atoms with van der Waals surface area (Å²) in [5, 5.41) is 0. The molecule has 0 heterocycles. The van der Waals surface area contributed by atoms with Crippen molar-refractivity contribution in [1.82, 2.24) is 0 Å². The second-order valence-electron chi connectivity index (χ2n) is 4.07. The Morgan fingerprint density at radius 1 is 1.25 bits per heavy atom. The van der Waals surface area contributed by atoms with Crippen LogP contribution >= 0.6 is 0 Å². The van der Waals surface area contributed by atoms with Gasteiger partial charge in [0.05, 0.1) is 19.3 Å². The molecule has 0 aliphatic heterocycles. The number of benzene rings is 1. The number of alkyl halides is 3. The van der Waals surface area contributed by atoms with Gasteiger partial charge in [0.25, 0.3) is 0 Å². The fraction of sp³-hybridized carbons (Fsp3) is 0.357. The van der Waals surface area contributed by atoms with Crippen LogP contribution in [0.15, 0.2) is 36.4 Å². The van der Waals surface area contributed by atoms with E-state index in [4.69, 9.17) is 9.47 Å². The third-order valence-electron chi connectivity index (χ3n) is 2.58. The highest BCUT2D eigenvalue weighted by atomic mass is 19.4. The smallest absolute Gasteiger partial charge is 0.412 e.